The van der Waals surface area contributed by atoms with Gasteiger partial charge in [0.15, 0.2) is 0 Å². The van der Waals surface area contributed by atoms with Gasteiger partial charge in [0.25, 0.3) is 0 Å². The standard InChI is InChI=1S/C20H22N2O3.ClH/c23-18(15-20(19(24)25)11-13-21-14-12-20)22(16-7-3-1-4-8-16)17-9-5-2-6-10-17;/h1-10,21H,11-15H2,(H,24,25);1H. The van der Waals surface area contributed by atoms with Gasteiger partial charge in [0.1, 0.15) is 0 Å². The molecule has 1 amide bonds. The summed E-state index contributed by atoms with van der Waals surface area (Å²) >= 11 is 0. The predicted molar refractivity (Wildman–Crippen MR) is 104 cm³/mol. The van der Waals surface area contributed by atoms with E-state index in [1.165, 1.54) is 0 Å². The zero-order valence-electron chi connectivity index (χ0n) is 14.4. The first-order valence-corrected chi connectivity index (χ1v) is 8.50. The van der Waals surface area contributed by atoms with Crippen LogP contribution in [0.5, 0.6) is 0 Å². The Morgan fingerprint density at radius 3 is 1.81 bits per heavy atom. The summed E-state index contributed by atoms with van der Waals surface area (Å²) in [4.78, 5) is 26.7. The van der Waals surface area contributed by atoms with Crippen molar-refractivity contribution >= 4 is 35.7 Å². The van der Waals surface area contributed by atoms with Crippen LogP contribution in [0, 0.1) is 5.41 Å². The third-order valence-corrected chi connectivity index (χ3v) is 4.78. The van der Waals surface area contributed by atoms with Gasteiger partial charge in [-0.1, -0.05) is 36.4 Å². The van der Waals surface area contributed by atoms with Gasteiger partial charge < -0.3 is 10.4 Å². The minimum absolute atomic E-state index is 0. The number of aliphatic carboxylic acids is 1. The number of benzene rings is 2. The van der Waals surface area contributed by atoms with E-state index in [0.717, 1.165) is 11.4 Å². The first-order chi connectivity index (χ1) is 12.1. The molecule has 2 aromatic carbocycles. The summed E-state index contributed by atoms with van der Waals surface area (Å²) in [5.74, 6) is -1.08. The third kappa shape index (κ3) is 4.23. The highest BCUT2D eigenvalue weighted by Gasteiger charge is 2.42. The number of hydrogen-bond acceptors (Lipinski definition) is 3. The molecule has 1 aliphatic rings. The number of nitrogens with zero attached hydrogens (tertiary/aromatic N) is 1. The van der Waals surface area contributed by atoms with Crippen molar-refractivity contribution in [3.8, 4) is 0 Å². The number of para-hydroxylation sites is 2. The Morgan fingerprint density at radius 2 is 1.38 bits per heavy atom. The lowest BCUT2D eigenvalue weighted by Gasteiger charge is -2.35. The summed E-state index contributed by atoms with van der Waals surface area (Å²) in [5, 5.41) is 12.9. The maximum absolute atomic E-state index is 13.2. The van der Waals surface area contributed by atoms with Crippen LogP contribution in [0.1, 0.15) is 19.3 Å². The van der Waals surface area contributed by atoms with E-state index in [2.05, 4.69) is 5.32 Å². The van der Waals surface area contributed by atoms with Gasteiger partial charge >= 0.3 is 5.97 Å². The van der Waals surface area contributed by atoms with Crippen LogP contribution in [0.3, 0.4) is 0 Å². The smallest absolute Gasteiger partial charge is 0.310 e. The summed E-state index contributed by atoms with van der Waals surface area (Å²) < 4.78 is 0. The van der Waals surface area contributed by atoms with Crippen LogP contribution < -0.4 is 10.2 Å². The van der Waals surface area contributed by atoms with Crippen LogP contribution in [0.15, 0.2) is 60.7 Å². The average Bonchev–Trinajstić information content (AvgIpc) is 2.64. The fourth-order valence-electron chi connectivity index (χ4n) is 3.33. The number of halogens is 1. The second-order valence-electron chi connectivity index (χ2n) is 6.41. The fraction of sp³-hybridized carbons (Fsp3) is 0.300. The van der Waals surface area contributed by atoms with E-state index in [9.17, 15) is 14.7 Å². The summed E-state index contributed by atoms with van der Waals surface area (Å²) in [6.45, 7) is 1.24. The van der Waals surface area contributed by atoms with Crippen LogP contribution in [-0.2, 0) is 9.59 Å². The summed E-state index contributed by atoms with van der Waals surface area (Å²) in [6, 6.07) is 18.7. The van der Waals surface area contributed by atoms with Crippen molar-refractivity contribution in [2.24, 2.45) is 5.41 Å². The molecule has 3 rings (SSSR count). The van der Waals surface area contributed by atoms with Crippen molar-refractivity contribution in [1.82, 2.24) is 5.32 Å². The van der Waals surface area contributed by atoms with E-state index >= 15 is 0 Å². The maximum atomic E-state index is 13.2. The normalized spacial score (nSPS) is 15.5. The molecule has 0 aliphatic carbocycles. The maximum Gasteiger partial charge on any atom is 0.310 e. The molecule has 0 bridgehead atoms. The monoisotopic (exact) mass is 374 g/mol. The summed E-state index contributed by atoms with van der Waals surface area (Å²) in [5.41, 5.74) is 0.491. The van der Waals surface area contributed by atoms with Crippen LogP contribution >= 0.6 is 12.4 Å². The molecule has 2 aromatic rings. The highest BCUT2D eigenvalue weighted by Crippen LogP contribution is 2.36. The number of anilines is 2. The number of carboxylic acid groups (broad SMARTS) is 1. The quantitative estimate of drug-likeness (QED) is 0.838. The first-order valence-electron chi connectivity index (χ1n) is 8.50. The number of piperidine rings is 1. The van der Waals surface area contributed by atoms with Gasteiger partial charge in [0, 0.05) is 17.8 Å². The van der Waals surface area contributed by atoms with Gasteiger partial charge in [0.2, 0.25) is 5.91 Å². The Balaban J connectivity index is 0.00000243. The zero-order valence-corrected chi connectivity index (χ0v) is 15.2. The van der Waals surface area contributed by atoms with Crippen LogP contribution in [0.25, 0.3) is 0 Å². The Labute approximate surface area is 159 Å². The molecule has 5 nitrogen and oxygen atoms in total. The molecule has 0 saturated carbocycles. The molecule has 0 unspecified atom stereocenters. The fourth-order valence-corrected chi connectivity index (χ4v) is 3.33. The van der Waals surface area contributed by atoms with Crippen LogP contribution in [-0.4, -0.2) is 30.1 Å². The Kier molecular flexibility index (Phi) is 6.77. The molecular formula is C20H23ClN2O3. The molecule has 6 heteroatoms. The molecular weight excluding hydrogens is 352 g/mol. The average molecular weight is 375 g/mol. The van der Waals surface area contributed by atoms with Gasteiger partial charge in [-0.2, -0.15) is 0 Å². The van der Waals surface area contributed by atoms with Crippen molar-refractivity contribution in [3.05, 3.63) is 60.7 Å². The second-order valence-corrected chi connectivity index (χ2v) is 6.41. The largest absolute Gasteiger partial charge is 0.481 e. The number of carbonyl (C=O) groups is 2. The Morgan fingerprint density at radius 1 is 0.923 bits per heavy atom. The lowest BCUT2D eigenvalue weighted by molar-refractivity contribution is -0.153. The van der Waals surface area contributed by atoms with Gasteiger partial charge in [-0.05, 0) is 50.2 Å². The Hall–Kier alpha value is -2.37. The number of hydrogen-bond donors (Lipinski definition) is 2. The summed E-state index contributed by atoms with van der Waals surface area (Å²) in [6.07, 6.45) is 0.921. The first kappa shape index (κ1) is 19.9. The molecule has 26 heavy (non-hydrogen) atoms. The third-order valence-electron chi connectivity index (χ3n) is 4.78. The van der Waals surface area contributed by atoms with E-state index in [-0.39, 0.29) is 24.7 Å². The highest BCUT2D eigenvalue weighted by atomic mass is 35.5. The number of carbonyl (C=O) groups excluding carboxylic acids is 1. The predicted octanol–water partition coefficient (Wildman–Crippen LogP) is 3.62. The van der Waals surface area contributed by atoms with E-state index in [1.807, 2.05) is 60.7 Å². The van der Waals surface area contributed by atoms with Crippen LogP contribution in [0.4, 0.5) is 11.4 Å². The van der Waals surface area contributed by atoms with Crippen molar-refractivity contribution in [3.63, 3.8) is 0 Å². The van der Waals surface area contributed by atoms with Crippen molar-refractivity contribution in [2.75, 3.05) is 18.0 Å². The minimum Gasteiger partial charge on any atom is -0.481 e. The molecule has 138 valence electrons. The zero-order chi connectivity index (χ0) is 17.7. The molecule has 0 radical (unpaired) electrons. The van der Waals surface area contributed by atoms with Crippen molar-refractivity contribution in [2.45, 2.75) is 19.3 Å². The van der Waals surface area contributed by atoms with E-state index < -0.39 is 11.4 Å². The van der Waals surface area contributed by atoms with Gasteiger partial charge in [-0.15, -0.1) is 12.4 Å². The summed E-state index contributed by atoms with van der Waals surface area (Å²) in [7, 11) is 0. The van der Waals surface area contributed by atoms with Crippen molar-refractivity contribution < 1.29 is 14.7 Å². The molecule has 1 fully saturated rings. The van der Waals surface area contributed by atoms with Gasteiger partial charge in [-0.3, -0.25) is 14.5 Å². The van der Waals surface area contributed by atoms with E-state index in [1.54, 1.807) is 4.90 Å². The van der Waals surface area contributed by atoms with Crippen molar-refractivity contribution in [1.29, 1.82) is 0 Å². The number of rotatable bonds is 5. The molecule has 1 aliphatic heterocycles. The minimum atomic E-state index is -0.996. The lowest BCUT2D eigenvalue weighted by atomic mass is 9.76. The molecule has 1 saturated heterocycles. The lowest BCUT2D eigenvalue weighted by Crippen LogP contribution is -2.45. The Bertz CT molecular complexity index is 692. The van der Waals surface area contributed by atoms with E-state index in [4.69, 9.17) is 0 Å². The molecule has 0 spiro atoms. The van der Waals surface area contributed by atoms with Gasteiger partial charge in [-0.25, -0.2) is 0 Å². The highest BCUT2D eigenvalue weighted by molar-refractivity contribution is 6.02. The number of nitrogens with one attached hydrogen (secondary N) is 1. The molecule has 2 N–H and O–H groups in total. The molecule has 0 aromatic heterocycles. The van der Waals surface area contributed by atoms with Crippen LogP contribution in [0.2, 0.25) is 0 Å². The SMILES string of the molecule is Cl.O=C(CC1(C(=O)O)CCNCC1)N(c1ccccc1)c1ccccc1. The number of amides is 1. The van der Waals surface area contributed by atoms with E-state index in [0.29, 0.717) is 25.9 Å². The second kappa shape index (κ2) is 8.83. The molecule has 0 atom stereocenters. The number of carboxylic acids is 1. The topological polar surface area (TPSA) is 69.6 Å². The van der Waals surface area contributed by atoms with Gasteiger partial charge in [0.05, 0.1) is 5.41 Å². The molecule has 1 heterocycles.